The third-order valence-electron chi connectivity index (χ3n) is 2.78. The van der Waals surface area contributed by atoms with Gasteiger partial charge in [0, 0.05) is 20.6 Å². The van der Waals surface area contributed by atoms with E-state index in [0.29, 0.717) is 6.54 Å². The lowest BCUT2D eigenvalue weighted by molar-refractivity contribution is 0.201. The summed E-state index contributed by atoms with van der Waals surface area (Å²) in [7, 11) is 3.49. The summed E-state index contributed by atoms with van der Waals surface area (Å²) in [5.74, 6) is -0.261. The standard InChI is InChI=1S/C11H13FN2O/c1-13-7-10(14(2)11(13)15)8-4-3-5-9(12)6-8/h3-6,10H,7H2,1-2H3. The molecular formula is C11H13FN2O. The Kier molecular flexibility index (Phi) is 2.34. The summed E-state index contributed by atoms with van der Waals surface area (Å²) in [6.45, 7) is 0.610. The number of benzene rings is 1. The minimum atomic E-state index is -0.261. The van der Waals surface area contributed by atoms with E-state index in [4.69, 9.17) is 0 Å². The number of hydrogen-bond donors (Lipinski definition) is 0. The molecule has 4 heteroatoms. The maximum absolute atomic E-state index is 13.0. The molecule has 0 N–H and O–H groups in total. The van der Waals surface area contributed by atoms with Crippen LogP contribution in [0.1, 0.15) is 11.6 Å². The highest BCUT2D eigenvalue weighted by atomic mass is 19.1. The molecule has 0 spiro atoms. The Morgan fingerprint density at radius 2 is 2.13 bits per heavy atom. The van der Waals surface area contributed by atoms with Gasteiger partial charge in [-0.15, -0.1) is 0 Å². The average molecular weight is 208 g/mol. The highest BCUT2D eigenvalue weighted by molar-refractivity contribution is 5.76. The molecule has 80 valence electrons. The summed E-state index contributed by atoms with van der Waals surface area (Å²) in [6, 6.07) is 6.33. The predicted octanol–water partition coefficient (Wildman–Crippen LogP) is 1.86. The summed E-state index contributed by atoms with van der Waals surface area (Å²) in [6.07, 6.45) is 0. The van der Waals surface area contributed by atoms with Gasteiger partial charge in [0.25, 0.3) is 0 Å². The van der Waals surface area contributed by atoms with E-state index in [-0.39, 0.29) is 17.9 Å². The SMILES string of the molecule is CN1CC(c2cccc(F)c2)N(C)C1=O. The van der Waals surface area contributed by atoms with Gasteiger partial charge in [-0.1, -0.05) is 12.1 Å². The summed E-state index contributed by atoms with van der Waals surface area (Å²) < 4.78 is 13.0. The van der Waals surface area contributed by atoms with Gasteiger partial charge in [-0.3, -0.25) is 0 Å². The van der Waals surface area contributed by atoms with Crippen LogP contribution in [0.25, 0.3) is 0 Å². The fourth-order valence-electron chi connectivity index (χ4n) is 1.91. The van der Waals surface area contributed by atoms with Crippen LogP contribution < -0.4 is 0 Å². The van der Waals surface area contributed by atoms with Crippen molar-refractivity contribution in [2.75, 3.05) is 20.6 Å². The van der Waals surface area contributed by atoms with E-state index in [0.717, 1.165) is 5.56 Å². The molecule has 0 aromatic heterocycles. The van der Waals surface area contributed by atoms with Crippen molar-refractivity contribution in [2.45, 2.75) is 6.04 Å². The van der Waals surface area contributed by atoms with Crippen LogP contribution in [-0.2, 0) is 0 Å². The zero-order chi connectivity index (χ0) is 11.0. The van der Waals surface area contributed by atoms with E-state index in [2.05, 4.69) is 0 Å². The minimum Gasteiger partial charge on any atom is -0.325 e. The minimum absolute atomic E-state index is 0.0238. The van der Waals surface area contributed by atoms with Gasteiger partial charge in [-0.05, 0) is 17.7 Å². The van der Waals surface area contributed by atoms with E-state index in [9.17, 15) is 9.18 Å². The third-order valence-corrected chi connectivity index (χ3v) is 2.78. The zero-order valence-electron chi connectivity index (χ0n) is 8.77. The number of hydrogen-bond acceptors (Lipinski definition) is 1. The van der Waals surface area contributed by atoms with Gasteiger partial charge in [-0.25, -0.2) is 9.18 Å². The topological polar surface area (TPSA) is 23.6 Å². The van der Waals surface area contributed by atoms with Crippen LogP contribution in [0.4, 0.5) is 9.18 Å². The molecule has 1 aromatic carbocycles. The first-order chi connectivity index (χ1) is 7.09. The van der Waals surface area contributed by atoms with Crippen molar-refractivity contribution in [3.8, 4) is 0 Å². The van der Waals surface area contributed by atoms with E-state index in [1.807, 2.05) is 6.07 Å². The van der Waals surface area contributed by atoms with Crippen molar-refractivity contribution < 1.29 is 9.18 Å². The fraction of sp³-hybridized carbons (Fsp3) is 0.364. The quantitative estimate of drug-likeness (QED) is 0.691. The van der Waals surface area contributed by atoms with Crippen LogP contribution in [-0.4, -0.2) is 36.5 Å². The highest BCUT2D eigenvalue weighted by Crippen LogP contribution is 2.27. The highest BCUT2D eigenvalue weighted by Gasteiger charge is 2.33. The molecule has 0 aliphatic carbocycles. The van der Waals surface area contributed by atoms with Gasteiger partial charge in [-0.2, -0.15) is 0 Å². The van der Waals surface area contributed by atoms with Gasteiger partial charge < -0.3 is 9.80 Å². The lowest BCUT2D eigenvalue weighted by atomic mass is 10.1. The molecule has 1 fully saturated rings. The Balaban J connectivity index is 2.29. The van der Waals surface area contributed by atoms with Crippen LogP contribution in [0.15, 0.2) is 24.3 Å². The second-order valence-electron chi connectivity index (χ2n) is 3.84. The molecule has 2 rings (SSSR count). The Labute approximate surface area is 88.1 Å². The number of nitrogens with zero attached hydrogens (tertiary/aromatic N) is 2. The maximum Gasteiger partial charge on any atom is 0.320 e. The van der Waals surface area contributed by atoms with Gasteiger partial charge >= 0.3 is 6.03 Å². The van der Waals surface area contributed by atoms with E-state index >= 15 is 0 Å². The van der Waals surface area contributed by atoms with Crippen molar-refractivity contribution in [1.29, 1.82) is 0 Å². The zero-order valence-corrected chi connectivity index (χ0v) is 8.77. The summed E-state index contributed by atoms with van der Waals surface area (Å²) in [5.41, 5.74) is 0.843. The molecule has 0 saturated carbocycles. The average Bonchev–Trinajstić information content (AvgIpc) is 2.46. The Morgan fingerprint density at radius 1 is 1.40 bits per heavy atom. The van der Waals surface area contributed by atoms with Gasteiger partial charge in [0.15, 0.2) is 0 Å². The molecule has 3 nitrogen and oxygen atoms in total. The molecule has 1 aliphatic rings. The Hall–Kier alpha value is -1.58. The molecule has 0 bridgehead atoms. The van der Waals surface area contributed by atoms with E-state index in [1.165, 1.54) is 12.1 Å². The molecule has 1 unspecified atom stereocenters. The molecule has 1 saturated heterocycles. The van der Waals surface area contributed by atoms with Crippen LogP contribution in [0.5, 0.6) is 0 Å². The van der Waals surface area contributed by atoms with Gasteiger partial charge in [0.1, 0.15) is 5.82 Å². The van der Waals surface area contributed by atoms with Gasteiger partial charge in [0.2, 0.25) is 0 Å². The van der Waals surface area contributed by atoms with Crippen molar-refractivity contribution in [1.82, 2.24) is 9.80 Å². The first kappa shape index (κ1) is 9.96. The van der Waals surface area contributed by atoms with Crippen LogP contribution in [0, 0.1) is 5.82 Å². The van der Waals surface area contributed by atoms with Crippen molar-refractivity contribution in [3.05, 3.63) is 35.6 Å². The third kappa shape index (κ3) is 1.67. The van der Waals surface area contributed by atoms with Crippen molar-refractivity contribution in [2.24, 2.45) is 0 Å². The molecule has 2 amide bonds. The van der Waals surface area contributed by atoms with Crippen LogP contribution in [0.2, 0.25) is 0 Å². The predicted molar refractivity (Wildman–Crippen MR) is 54.9 cm³/mol. The Bertz CT molecular complexity index is 394. The fourth-order valence-corrected chi connectivity index (χ4v) is 1.91. The normalized spacial score (nSPS) is 21.3. The van der Waals surface area contributed by atoms with Crippen LogP contribution in [0.3, 0.4) is 0 Å². The van der Waals surface area contributed by atoms with Crippen molar-refractivity contribution >= 4 is 6.03 Å². The molecule has 0 radical (unpaired) electrons. The molecule has 15 heavy (non-hydrogen) atoms. The lowest BCUT2D eigenvalue weighted by Crippen LogP contribution is -2.26. The van der Waals surface area contributed by atoms with E-state index in [1.54, 1.807) is 30.0 Å². The number of carbonyl (C=O) groups excluding carboxylic acids is 1. The molecular weight excluding hydrogens is 195 g/mol. The second kappa shape index (κ2) is 3.53. The Morgan fingerprint density at radius 3 is 2.67 bits per heavy atom. The summed E-state index contributed by atoms with van der Waals surface area (Å²) >= 11 is 0. The molecule has 1 aromatic rings. The largest absolute Gasteiger partial charge is 0.325 e. The lowest BCUT2D eigenvalue weighted by Gasteiger charge is -2.17. The summed E-state index contributed by atoms with van der Waals surface area (Å²) in [5, 5.41) is 0. The van der Waals surface area contributed by atoms with Crippen LogP contribution >= 0.6 is 0 Å². The van der Waals surface area contributed by atoms with E-state index < -0.39 is 0 Å². The molecule has 1 atom stereocenters. The first-order valence-corrected chi connectivity index (χ1v) is 4.83. The molecule has 1 heterocycles. The number of carbonyl (C=O) groups is 1. The second-order valence-corrected chi connectivity index (χ2v) is 3.84. The van der Waals surface area contributed by atoms with Crippen molar-refractivity contribution in [3.63, 3.8) is 0 Å². The number of urea groups is 1. The smallest absolute Gasteiger partial charge is 0.320 e. The molecule has 1 aliphatic heterocycles. The number of amides is 2. The number of rotatable bonds is 1. The first-order valence-electron chi connectivity index (χ1n) is 4.83. The van der Waals surface area contributed by atoms with Gasteiger partial charge in [0.05, 0.1) is 6.04 Å². The number of halogens is 1. The summed E-state index contributed by atoms with van der Waals surface area (Å²) in [4.78, 5) is 14.8. The number of likely N-dealkylation sites (N-methyl/N-ethyl adjacent to an activating group) is 2. The monoisotopic (exact) mass is 208 g/mol. The maximum atomic E-state index is 13.0.